The van der Waals surface area contributed by atoms with Gasteiger partial charge in [0.15, 0.2) is 12.2 Å². The molecule has 0 radical (unpaired) electrons. The van der Waals surface area contributed by atoms with Gasteiger partial charge in [0.25, 0.3) is 5.91 Å². The minimum Gasteiger partial charge on any atom is -0.354 e. The molecule has 4 aromatic rings. The van der Waals surface area contributed by atoms with Crippen LogP contribution in [0.3, 0.4) is 0 Å². The fourth-order valence-corrected chi connectivity index (χ4v) is 4.57. The summed E-state index contributed by atoms with van der Waals surface area (Å²) < 4.78 is 38.9. The molecule has 1 aliphatic heterocycles. The molecular formula is C26H19ClF3N4O4+. The number of alkyl halides is 3. The summed E-state index contributed by atoms with van der Waals surface area (Å²) in [5.41, 5.74) is 1.54. The molecule has 1 N–H and O–H groups in total. The molecule has 38 heavy (non-hydrogen) atoms. The Morgan fingerprint density at radius 2 is 1.82 bits per heavy atom. The predicted octanol–water partition coefficient (Wildman–Crippen LogP) is 4.93. The van der Waals surface area contributed by atoms with Crippen LogP contribution in [-0.2, 0) is 27.5 Å². The summed E-state index contributed by atoms with van der Waals surface area (Å²) in [6.07, 6.45) is -2.29. The Hall–Kier alpha value is -4.22. The number of H-pyrrole nitrogens is 1. The molecule has 0 spiro atoms. The number of carbonyl (C=O) groups excluding carboxylic acids is 3. The Morgan fingerprint density at radius 3 is 2.53 bits per heavy atom. The summed E-state index contributed by atoms with van der Waals surface area (Å²) >= 11 is 5.92. The van der Waals surface area contributed by atoms with Crippen LogP contribution in [0, 0.1) is 0 Å². The third-order valence-electron chi connectivity index (χ3n) is 6.19. The van der Waals surface area contributed by atoms with Gasteiger partial charge in [0.1, 0.15) is 6.54 Å². The summed E-state index contributed by atoms with van der Waals surface area (Å²) in [5, 5.41) is 1.06. The molecule has 2 aromatic carbocycles. The third-order valence-corrected chi connectivity index (χ3v) is 6.44. The number of rotatable bonds is 4. The van der Waals surface area contributed by atoms with Gasteiger partial charge in [0.05, 0.1) is 12.2 Å². The largest absolute Gasteiger partial charge is 0.497 e. The zero-order valence-corrected chi connectivity index (χ0v) is 20.3. The van der Waals surface area contributed by atoms with Crippen molar-refractivity contribution in [1.29, 1.82) is 0 Å². The standard InChI is InChI=1S/C26H19ClF3N4O4/c27-19-7-5-16(6-8-19)24(36)33-13-17-3-1-2-4-22(17)34(23(35)14-33,38-25(37)26(28,29)30)15-20-11-18-12-31-10-9-21(18)32-20/h1-12,32H,13-15H2/q+1. The molecule has 194 valence electrons. The van der Waals surface area contributed by atoms with E-state index in [0.29, 0.717) is 27.2 Å². The maximum Gasteiger partial charge on any atom is 0.497 e. The van der Waals surface area contributed by atoms with Gasteiger partial charge in [-0.3, -0.25) is 14.6 Å². The molecule has 0 aliphatic carbocycles. The van der Waals surface area contributed by atoms with Crippen molar-refractivity contribution < 1.29 is 32.4 Å². The van der Waals surface area contributed by atoms with Crippen LogP contribution >= 0.6 is 11.6 Å². The van der Waals surface area contributed by atoms with E-state index in [2.05, 4.69) is 9.97 Å². The first-order valence-corrected chi connectivity index (χ1v) is 11.7. The van der Waals surface area contributed by atoms with Gasteiger partial charge in [0.2, 0.25) is 0 Å². The van der Waals surface area contributed by atoms with E-state index in [-0.39, 0.29) is 17.8 Å². The lowest BCUT2D eigenvalue weighted by molar-refractivity contribution is -0.235. The summed E-state index contributed by atoms with van der Waals surface area (Å²) in [4.78, 5) is 52.7. The first kappa shape index (κ1) is 25.4. The molecule has 1 unspecified atom stereocenters. The molecule has 1 atom stereocenters. The molecule has 1 aliphatic rings. The predicted molar refractivity (Wildman–Crippen MR) is 131 cm³/mol. The van der Waals surface area contributed by atoms with Gasteiger partial charge in [-0.1, -0.05) is 29.8 Å². The van der Waals surface area contributed by atoms with Crippen LogP contribution in [0.15, 0.2) is 73.1 Å². The molecule has 2 aromatic heterocycles. The SMILES string of the molecule is O=C(c1ccc(Cl)cc1)N1CC(=O)[N+](Cc2cc3cnccc3[nH]2)(OC(=O)C(F)(F)F)c2ccccc2C1. The van der Waals surface area contributed by atoms with E-state index < -0.39 is 41.7 Å². The average Bonchev–Trinajstić information content (AvgIpc) is 3.25. The van der Waals surface area contributed by atoms with Crippen molar-refractivity contribution in [3.8, 4) is 0 Å². The van der Waals surface area contributed by atoms with Gasteiger partial charge in [0, 0.05) is 45.5 Å². The number of benzene rings is 2. The summed E-state index contributed by atoms with van der Waals surface area (Å²) in [7, 11) is 0. The molecule has 0 fully saturated rings. The number of para-hydroxylation sites is 1. The van der Waals surface area contributed by atoms with Gasteiger partial charge in [-0.15, -0.1) is 0 Å². The van der Waals surface area contributed by atoms with Crippen molar-refractivity contribution in [1.82, 2.24) is 19.5 Å². The normalized spacial score (nSPS) is 17.7. The molecular weight excluding hydrogens is 525 g/mol. The van der Waals surface area contributed by atoms with Crippen LogP contribution in [-0.4, -0.2) is 45.4 Å². The Morgan fingerprint density at radius 1 is 1.08 bits per heavy atom. The number of fused-ring (bicyclic) bond motifs is 2. The van der Waals surface area contributed by atoms with Crippen molar-refractivity contribution in [2.24, 2.45) is 0 Å². The highest BCUT2D eigenvalue weighted by Gasteiger charge is 2.55. The monoisotopic (exact) mass is 543 g/mol. The number of aromatic nitrogens is 2. The molecule has 12 heteroatoms. The number of hydroxylamine groups is 2. The number of aromatic amines is 1. The van der Waals surface area contributed by atoms with Crippen LogP contribution < -0.4 is 4.65 Å². The number of hydrogen-bond acceptors (Lipinski definition) is 5. The zero-order chi connectivity index (χ0) is 27.1. The van der Waals surface area contributed by atoms with Gasteiger partial charge >= 0.3 is 18.1 Å². The molecule has 5 rings (SSSR count). The summed E-state index contributed by atoms with van der Waals surface area (Å²) in [6.45, 7) is -1.21. The first-order chi connectivity index (χ1) is 18.1. The highest BCUT2D eigenvalue weighted by atomic mass is 35.5. The maximum absolute atomic E-state index is 13.9. The second-order valence-corrected chi connectivity index (χ2v) is 9.16. The second kappa shape index (κ2) is 9.58. The Bertz CT molecular complexity index is 1520. The minimum atomic E-state index is -5.37. The zero-order valence-electron chi connectivity index (χ0n) is 19.5. The summed E-state index contributed by atoms with van der Waals surface area (Å²) in [6, 6.07) is 15.4. The molecule has 3 heterocycles. The van der Waals surface area contributed by atoms with Crippen LogP contribution in [0.1, 0.15) is 21.6 Å². The molecule has 0 bridgehead atoms. The van der Waals surface area contributed by atoms with Crippen LogP contribution in [0.2, 0.25) is 5.02 Å². The molecule has 0 saturated heterocycles. The van der Waals surface area contributed by atoms with Crippen molar-refractivity contribution in [2.75, 3.05) is 6.54 Å². The van der Waals surface area contributed by atoms with Crippen LogP contribution in [0.4, 0.5) is 18.9 Å². The van der Waals surface area contributed by atoms with Gasteiger partial charge < -0.3 is 9.88 Å². The number of nitrogens with one attached hydrogen (secondary N) is 1. The van der Waals surface area contributed by atoms with Crippen LogP contribution in [0.5, 0.6) is 0 Å². The highest BCUT2D eigenvalue weighted by Crippen LogP contribution is 2.37. The third kappa shape index (κ3) is 4.73. The Labute approximate surface area is 218 Å². The fraction of sp³-hybridized carbons (Fsp3) is 0.154. The van der Waals surface area contributed by atoms with E-state index in [1.165, 1.54) is 47.5 Å². The van der Waals surface area contributed by atoms with Crippen LogP contribution in [0.25, 0.3) is 10.9 Å². The minimum absolute atomic E-state index is 0.0123. The number of amides is 2. The van der Waals surface area contributed by atoms with Crippen molar-refractivity contribution in [3.05, 3.63) is 94.9 Å². The molecule has 0 saturated carbocycles. The Kier molecular flexibility index (Phi) is 6.41. The van der Waals surface area contributed by atoms with E-state index >= 15 is 0 Å². The smallest absolute Gasteiger partial charge is 0.354 e. The van der Waals surface area contributed by atoms with E-state index in [1.807, 2.05) is 0 Å². The topological polar surface area (TPSA) is 92.4 Å². The Balaban J connectivity index is 1.63. The number of hydrogen-bond donors (Lipinski definition) is 1. The number of pyridine rings is 1. The maximum atomic E-state index is 13.9. The van der Waals surface area contributed by atoms with Crippen molar-refractivity contribution in [3.63, 3.8) is 0 Å². The summed E-state index contributed by atoms with van der Waals surface area (Å²) in [5.74, 6) is -4.01. The van der Waals surface area contributed by atoms with E-state index in [4.69, 9.17) is 16.4 Å². The van der Waals surface area contributed by atoms with Gasteiger partial charge in [-0.05, 0) is 41.0 Å². The molecule has 8 nitrogen and oxygen atoms in total. The van der Waals surface area contributed by atoms with E-state index in [0.717, 1.165) is 0 Å². The van der Waals surface area contributed by atoms with Gasteiger partial charge in [-0.25, -0.2) is 9.59 Å². The second-order valence-electron chi connectivity index (χ2n) is 8.72. The number of quaternary nitrogens is 1. The van der Waals surface area contributed by atoms with E-state index in [1.54, 1.807) is 30.5 Å². The van der Waals surface area contributed by atoms with Gasteiger partial charge in [-0.2, -0.15) is 13.2 Å². The highest BCUT2D eigenvalue weighted by molar-refractivity contribution is 6.30. The lowest BCUT2D eigenvalue weighted by Gasteiger charge is -2.31. The first-order valence-electron chi connectivity index (χ1n) is 11.3. The quantitative estimate of drug-likeness (QED) is 0.369. The fourth-order valence-electron chi connectivity index (χ4n) is 4.45. The van der Waals surface area contributed by atoms with E-state index in [9.17, 15) is 27.6 Å². The van der Waals surface area contributed by atoms with Crippen molar-refractivity contribution >= 4 is 46.0 Å². The number of halogens is 4. The number of carbonyl (C=O) groups is 3. The lowest BCUT2D eigenvalue weighted by atomic mass is 10.1. The number of nitrogens with zero attached hydrogens (tertiary/aromatic N) is 3. The molecule has 2 amide bonds. The van der Waals surface area contributed by atoms with Crippen molar-refractivity contribution in [2.45, 2.75) is 19.3 Å². The average molecular weight is 544 g/mol. The lowest BCUT2D eigenvalue weighted by Crippen LogP contribution is -2.58.